The van der Waals surface area contributed by atoms with Crippen LogP contribution in [0.1, 0.15) is 12.0 Å². The standard InChI is InChI=1S/C32H27BrN4O3/c33-26-18-16-24(17-19-26)22-34-40-23-30(38)36(27-12-5-2-6-13-27)20-9-21-37-31(25-10-3-1-4-11-25)35-29-15-8-7-14-28(29)32(37)39/h1-8,10-19,22H,9,20-21,23H2. The Morgan fingerprint density at radius 1 is 0.900 bits per heavy atom. The molecule has 4 aromatic carbocycles. The van der Waals surface area contributed by atoms with Crippen molar-refractivity contribution in [3.63, 3.8) is 0 Å². The molecule has 1 amide bonds. The molecule has 1 heterocycles. The lowest BCUT2D eigenvalue weighted by molar-refractivity contribution is -0.123. The Morgan fingerprint density at radius 3 is 2.33 bits per heavy atom. The second kappa shape index (κ2) is 13.0. The summed E-state index contributed by atoms with van der Waals surface area (Å²) < 4.78 is 2.67. The molecule has 5 rings (SSSR count). The number of amides is 1. The van der Waals surface area contributed by atoms with Crippen molar-refractivity contribution in [2.75, 3.05) is 18.1 Å². The van der Waals surface area contributed by atoms with Gasteiger partial charge in [0.1, 0.15) is 5.82 Å². The fourth-order valence-electron chi connectivity index (χ4n) is 4.39. The van der Waals surface area contributed by atoms with E-state index < -0.39 is 0 Å². The van der Waals surface area contributed by atoms with Crippen LogP contribution < -0.4 is 10.5 Å². The zero-order chi connectivity index (χ0) is 27.7. The van der Waals surface area contributed by atoms with Gasteiger partial charge in [0.15, 0.2) is 6.61 Å². The normalized spacial score (nSPS) is 11.1. The van der Waals surface area contributed by atoms with Crippen LogP contribution >= 0.6 is 15.9 Å². The predicted molar refractivity (Wildman–Crippen MR) is 163 cm³/mol. The third-order valence-corrected chi connectivity index (χ3v) is 6.89. The summed E-state index contributed by atoms with van der Waals surface area (Å²) >= 11 is 3.40. The summed E-state index contributed by atoms with van der Waals surface area (Å²) in [5, 5.41) is 4.52. The van der Waals surface area contributed by atoms with E-state index in [1.54, 1.807) is 21.7 Å². The maximum atomic E-state index is 13.5. The van der Waals surface area contributed by atoms with E-state index >= 15 is 0 Å². The Morgan fingerprint density at radius 2 is 1.57 bits per heavy atom. The molecule has 1 aromatic heterocycles. The number of carbonyl (C=O) groups excluding carboxylic acids is 1. The molecule has 0 fully saturated rings. The van der Waals surface area contributed by atoms with Crippen LogP contribution in [-0.4, -0.2) is 34.8 Å². The van der Waals surface area contributed by atoms with E-state index in [0.717, 1.165) is 21.3 Å². The molecule has 0 aliphatic carbocycles. The van der Waals surface area contributed by atoms with E-state index in [4.69, 9.17) is 9.82 Å². The highest BCUT2D eigenvalue weighted by Crippen LogP contribution is 2.20. The monoisotopic (exact) mass is 594 g/mol. The third-order valence-electron chi connectivity index (χ3n) is 6.36. The zero-order valence-corrected chi connectivity index (χ0v) is 23.3. The largest absolute Gasteiger partial charge is 0.386 e. The van der Waals surface area contributed by atoms with Crippen molar-refractivity contribution in [3.05, 3.63) is 130 Å². The number of carbonyl (C=O) groups is 1. The molecule has 0 atom stereocenters. The van der Waals surface area contributed by atoms with Gasteiger partial charge in [-0.3, -0.25) is 14.2 Å². The smallest absolute Gasteiger partial charge is 0.267 e. The van der Waals surface area contributed by atoms with Crippen LogP contribution in [0.25, 0.3) is 22.3 Å². The summed E-state index contributed by atoms with van der Waals surface area (Å²) in [6, 6.07) is 34.0. The molecule has 0 saturated heterocycles. The molecule has 7 nitrogen and oxygen atoms in total. The molecule has 0 radical (unpaired) electrons. The molecule has 5 aromatic rings. The number of halogens is 1. The first-order chi connectivity index (χ1) is 19.6. The van der Waals surface area contributed by atoms with Gasteiger partial charge in [0.05, 0.1) is 17.1 Å². The van der Waals surface area contributed by atoms with E-state index in [2.05, 4.69) is 21.1 Å². The highest BCUT2D eigenvalue weighted by Gasteiger charge is 2.18. The zero-order valence-electron chi connectivity index (χ0n) is 21.7. The minimum absolute atomic E-state index is 0.104. The number of benzene rings is 4. The SMILES string of the molecule is O=C(CON=Cc1ccc(Br)cc1)N(CCCn1c(-c2ccccc2)nc2ccccc2c1=O)c1ccccc1. The van der Waals surface area contributed by atoms with Gasteiger partial charge >= 0.3 is 0 Å². The molecular weight excluding hydrogens is 568 g/mol. The van der Waals surface area contributed by atoms with Crippen molar-refractivity contribution in [2.45, 2.75) is 13.0 Å². The minimum Gasteiger partial charge on any atom is -0.386 e. The number of hydrogen-bond acceptors (Lipinski definition) is 5. The number of fused-ring (bicyclic) bond motifs is 1. The van der Waals surface area contributed by atoms with Crippen LogP contribution in [0.5, 0.6) is 0 Å². The van der Waals surface area contributed by atoms with Crippen LogP contribution in [0.2, 0.25) is 0 Å². The van der Waals surface area contributed by atoms with Crippen molar-refractivity contribution in [3.8, 4) is 11.4 Å². The first-order valence-electron chi connectivity index (χ1n) is 12.9. The van der Waals surface area contributed by atoms with Gasteiger partial charge in [-0.15, -0.1) is 0 Å². The van der Waals surface area contributed by atoms with Crippen LogP contribution in [-0.2, 0) is 16.2 Å². The minimum atomic E-state index is -0.230. The lowest BCUT2D eigenvalue weighted by Crippen LogP contribution is -2.35. The quantitative estimate of drug-likeness (QED) is 0.140. The second-order valence-electron chi connectivity index (χ2n) is 9.07. The number of rotatable bonds is 10. The highest BCUT2D eigenvalue weighted by atomic mass is 79.9. The van der Waals surface area contributed by atoms with Crippen LogP contribution in [0.4, 0.5) is 5.69 Å². The van der Waals surface area contributed by atoms with Gasteiger partial charge in [0, 0.05) is 28.8 Å². The average molecular weight is 595 g/mol. The molecular formula is C32H27BrN4O3. The van der Waals surface area contributed by atoms with Gasteiger partial charge in [0.2, 0.25) is 0 Å². The van der Waals surface area contributed by atoms with E-state index in [1.165, 1.54) is 0 Å². The van der Waals surface area contributed by atoms with Crippen molar-refractivity contribution < 1.29 is 9.63 Å². The summed E-state index contributed by atoms with van der Waals surface area (Å²) in [5.41, 5.74) is 3.02. The van der Waals surface area contributed by atoms with Crippen molar-refractivity contribution in [1.29, 1.82) is 0 Å². The maximum absolute atomic E-state index is 13.5. The maximum Gasteiger partial charge on any atom is 0.267 e. The summed E-state index contributed by atoms with van der Waals surface area (Å²) in [6.45, 7) is 0.560. The molecule has 0 unspecified atom stereocenters. The van der Waals surface area contributed by atoms with Gasteiger partial charge in [0.25, 0.3) is 11.5 Å². The Bertz CT molecular complexity index is 1670. The molecule has 8 heteroatoms. The van der Waals surface area contributed by atoms with E-state index in [1.807, 2.05) is 103 Å². The van der Waals surface area contributed by atoms with E-state index in [9.17, 15) is 9.59 Å². The first-order valence-corrected chi connectivity index (χ1v) is 13.7. The number of para-hydroxylation sites is 2. The Kier molecular flexibility index (Phi) is 8.78. The lowest BCUT2D eigenvalue weighted by Gasteiger charge is -2.23. The Labute approximate surface area is 240 Å². The molecule has 0 saturated carbocycles. The van der Waals surface area contributed by atoms with Crippen molar-refractivity contribution in [2.24, 2.45) is 5.16 Å². The van der Waals surface area contributed by atoms with Crippen molar-refractivity contribution in [1.82, 2.24) is 9.55 Å². The molecule has 0 N–H and O–H groups in total. The van der Waals surface area contributed by atoms with Gasteiger partial charge in [-0.25, -0.2) is 4.98 Å². The molecule has 0 spiro atoms. The number of nitrogens with zero attached hydrogens (tertiary/aromatic N) is 4. The summed E-state index contributed by atoms with van der Waals surface area (Å²) in [5.74, 6) is 0.374. The number of hydrogen-bond donors (Lipinski definition) is 0. The average Bonchev–Trinajstić information content (AvgIpc) is 3.00. The fraction of sp³-hybridized carbons (Fsp3) is 0.125. The molecule has 0 aliphatic heterocycles. The van der Waals surface area contributed by atoms with Crippen molar-refractivity contribution >= 4 is 44.6 Å². The predicted octanol–water partition coefficient (Wildman–Crippen LogP) is 6.30. The Hall–Kier alpha value is -4.56. The van der Waals surface area contributed by atoms with Crippen LogP contribution in [0.3, 0.4) is 0 Å². The van der Waals surface area contributed by atoms with E-state index in [-0.39, 0.29) is 18.1 Å². The van der Waals surface area contributed by atoms with Crippen LogP contribution in [0, 0.1) is 0 Å². The molecule has 0 aliphatic rings. The number of anilines is 1. The number of oxime groups is 1. The number of aromatic nitrogens is 2. The van der Waals surface area contributed by atoms with Gasteiger partial charge in [-0.2, -0.15) is 0 Å². The molecule has 40 heavy (non-hydrogen) atoms. The van der Waals surface area contributed by atoms with Crippen LogP contribution in [0.15, 0.2) is 124 Å². The summed E-state index contributed by atoms with van der Waals surface area (Å²) in [7, 11) is 0. The summed E-state index contributed by atoms with van der Waals surface area (Å²) in [6.07, 6.45) is 2.10. The topological polar surface area (TPSA) is 76.8 Å². The first kappa shape index (κ1) is 27.0. The molecule has 0 bridgehead atoms. The second-order valence-corrected chi connectivity index (χ2v) is 9.99. The van der Waals surface area contributed by atoms with Gasteiger partial charge in [-0.05, 0) is 48.4 Å². The fourth-order valence-corrected chi connectivity index (χ4v) is 4.66. The summed E-state index contributed by atoms with van der Waals surface area (Å²) in [4.78, 5) is 38.6. The van der Waals surface area contributed by atoms with E-state index in [0.29, 0.717) is 36.2 Å². The van der Waals surface area contributed by atoms with Gasteiger partial charge < -0.3 is 9.74 Å². The van der Waals surface area contributed by atoms with Gasteiger partial charge in [-0.1, -0.05) is 93.9 Å². The Balaban J connectivity index is 1.33. The lowest BCUT2D eigenvalue weighted by atomic mass is 10.1. The highest BCUT2D eigenvalue weighted by molar-refractivity contribution is 9.10. The third kappa shape index (κ3) is 6.52. The molecule has 200 valence electrons.